The minimum absolute atomic E-state index is 0.0386. The molecular formula is C33H30F3N3O3. The molecule has 2 aliphatic rings. The molecule has 1 aliphatic heterocycles. The molecule has 0 amide bonds. The summed E-state index contributed by atoms with van der Waals surface area (Å²) in [5, 5.41) is 10.4. The summed E-state index contributed by atoms with van der Waals surface area (Å²) in [5.41, 5.74) is 9.50. The topological polar surface area (TPSA) is 88.6 Å². The van der Waals surface area contributed by atoms with Gasteiger partial charge in [-0.2, -0.15) is 18.4 Å². The first-order chi connectivity index (χ1) is 20.0. The van der Waals surface area contributed by atoms with Crippen LogP contribution in [0.5, 0.6) is 11.5 Å². The van der Waals surface area contributed by atoms with Gasteiger partial charge < -0.3 is 15.2 Å². The van der Waals surface area contributed by atoms with Crippen molar-refractivity contribution >= 4 is 11.5 Å². The second-order valence-electron chi connectivity index (χ2n) is 10.4. The quantitative estimate of drug-likeness (QED) is 0.335. The fraction of sp³-hybridized carbons (Fsp3) is 0.273. The molecule has 1 atom stereocenters. The number of ketones is 1. The molecule has 1 unspecified atom stereocenters. The predicted molar refractivity (Wildman–Crippen MR) is 153 cm³/mol. The third-order valence-corrected chi connectivity index (χ3v) is 7.83. The van der Waals surface area contributed by atoms with Gasteiger partial charge in [-0.05, 0) is 79.8 Å². The number of anilines is 1. The summed E-state index contributed by atoms with van der Waals surface area (Å²) in [5.74, 6) is 0.226. The van der Waals surface area contributed by atoms with E-state index in [0.29, 0.717) is 41.2 Å². The van der Waals surface area contributed by atoms with Crippen LogP contribution in [0.2, 0.25) is 0 Å². The molecule has 2 N–H and O–H groups in total. The van der Waals surface area contributed by atoms with Crippen LogP contribution in [0.3, 0.4) is 0 Å². The zero-order valence-electron chi connectivity index (χ0n) is 23.5. The Kier molecular flexibility index (Phi) is 7.74. The molecule has 216 valence electrons. The fourth-order valence-electron chi connectivity index (χ4n) is 5.83. The normalized spacial score (nSPS) is 17.2. The highest BCUT2D eigenvalue weighted by Gasteiger charge is 2.43. The second-order valence-corrected chi connectivity index (χ2v) is 10.4. The zero-order chi connectivity index (χ0) is 30.2. The zero-order valence-corrected chi connectivity index (χ0v) is 23.5. The molecule has 9 heteroatoms. The number of nitrogens with zero attached hydrogens (tertiary/aromatic N) is 2. The number of allylic oxidation sites excluding steroid dienone is 3. The molecule has 0 saturated carbocycles. The van der Waals surface area contributed by atoms with Gasteiger partial charge in [0.15, 0.2) is 5.78 Å². The van der Waals surface area contributed by atoms with Crippen LogP contribution >= 0.6 is 0 Å². The third kappa shape index (κ3) is 5.20. The number of alkyl halides is 3. The Morgan fingerprint density at radius 2 is 1.74 bits per heavy atom. The third-order valence-electron chi connectivity index (χ3n) is 7.83. The van der Waals surface area contributed by atoms with Crippen molar-refractivity contribution < 1.29 is 27.4 Å². The van der Waals surface area contributed by atoms with Crippen molar-refractivity contribution in [3.63, 3.8) is 0 Å². The maximum atomic E-state index is 14.1. The first kappa shape index (κ1) is 28.8. The van der Waals surface area contributed by atoms with E-state index >= 15 is 0 Å². The van der Waals surface area contributed by atoms with Crippen LogP contribution in [-0.2, 0) is 17.6 Å². The number of nitriles is 1. The minimum Gasteiger partial charge on any atom is -0.497 e. The number of benzene rings is 3. The van der Waals surface area contributed by atoms with Crippen molar-refractivity contribution in [2.45, 2.75) is 51.8 Å². The molecule has 3 aromatic rings. The number of hydrogen-bond donors (Lipinski definition) is 1. The maximum Gasteiger partial charge on any atom is 0.418 e. The highest BCUT2D eigenvalue weighted by molar-refractivity contribution is 6.01. The fourth-order valence-corrected chi connectivity index (χ4v) is 5.83. The van der Waals surface area contributed by atoms with Crippen LogP contribution in [0.25, 0.3) is 0 Å². The van der Waals surface area contributed by atoms with E-state index in [1.807, 2.05) is 26.0 Å². The van der Waals surface area contributed by atoms with E-state index in [-0.39, 0.29) is 35.9 Å². The lowest BCUT2D eigenvalue weighted by molar-refractivity contribution is -0.137. The Balaban J connectivity index is 1.64. The van der Waals surface area contributed by atoms with Crippen molar-refractivity contribution in [3.05, 3.63) is 111 Å². The molecule has 0 bridgehead atoms. The Morgan fingerprint density at radius 3 is 2.40 bits per heavy atom. The lowest BCUT2D eigenvalue weighted by atomic mass is 9.73. The first-order valence-electron chi connectivity index (χ1n) is 13.5. The van der Waals surface area contributed by atoms with Crippen molar-refractivity contribution in [2.75, 3.05) is 12.0 Å². The van der Waals surface area contributed by atoms with Crippen LogP contribution in [0, 0.1) is 25.2 Å². The van der Waals surface area contributed by atoms with Gasteiger partial charge in [0.1, 0.15) is 23.9 Å². The number of halogens is 3. The Labute approximate surface area is 242 Å². The number of hydrogen-bond acceptors (Lipinski definition) is 6. The number of rotatable bonds is 6. The summed E-state index contributed by atoms with van der Waals surface area (Å²) >= 11 is 0. The van der Waals surface area contributed by atoms with Crippen molar-refractivity contribution in [1.29, 1.82) is 5.26 Å². The minimum atomic E-state index is -4.66. The Bertz CT molecular complexity index is 1650. The van der Waals surface area contributed by atoms with Gasteiger partial charge in [0, 0.05) is 17.7 Å². The molecule has 1 aliphatic carbocycles. The molecule has 6 nitrogen and oxygen atoms in total. The number of aryl methyl sites for hydroxylation is 1. The van der Waals surface area contributed by atoms with Crippen LogP contribution in [0.15, 0.2) is 83.3 Å². The van der Waals surface area contributed by atoms with Crippen molar-refractivity contribution in [3.8, 4) is 17.6 Å². The first-order valence-corrected chi connectivity index (χ1v) is 13.5. The van der Waals surface area contributed by atoms with Gasteiger partial charge in [0.05, 0.1) is 35.9 Å². The van der Waals surface area contributed by atoms with Gasteiger partial charge in [-0.3, -0.25) is 9.69 Å². The van der Waals surface area contributed by atoms with Gasteiger partial charge in [-0.15, -0.1) is 0 Å². The number of methoxy groups -OCH3 is 1. The van der Waals surface area contributed by atoms with E-state index in [2.05, 4.69) is 6.07 Å². The van der Waals surface area contributed by atoms with Crippen LogP contribution < -0.4 is 20.1 Å². The van der Waals surface area contributed by atoms with Crippen LogP contribution in [-0.4, -0.2) is 12.9 Å². The maximum absolute atomic E-state index is 14.1. The number of carbonyl (C=O) groups excluding carboxylic acids is 1. The molecule has 0 fully saturated rings. The van der Waals surface area contributed by atoms with Gasteiger partial charge >= 0.3 is 6.18 Å². The monoisotopic (exact) mass is 573 g/mol. The summed E-state index contributed by atoms with van der Waals surface area (Å²) in [6.07, 6.45) is -3.60. The van der Waals surface area contributed by atoms with Gasteiger partial charge in [0.25, 0.3) is 0 Å². The summed E-state index contributed by atoms with van der Waals surface area (Å²) in [6, 6.07) is 18.3. The highest BCUT2D eigenvalue weighted by atomic mass is 19.4. The molecular weight excluding hydrogens is 543 g/mol. The van der Waals surface area contributed by atoms with E-state index in [9.17, 15) is 23.2 Å². The molecule has 0 radical (unpaired) electrons. The van der Waals surface area contributed by atoms with Gasteiger partial charge in [-0.25, -0.2) is 0 Å². The number of ether oxygens (including phenoxy) is 2. The average Bonchev–Trinajstić information content (AvgIpc) is 2.97. The van der Waals surface area contributed by atoms with E-state index < -0.39 is 17.7 Å². The summed E-state index contributed by atoms with van der Waals surface area (Å²) in [7, 11) is 1.58. The number of nitrogens with two attached hydrogens (primary N) is 1. The van der Waals surface area contributed by atoms with Crippen molar-refractivity contribution in [2.24, 2.45) is 5.73 Å². The van der Waals surface area contributed by atoms with Gasteiger partial charge in [-0.1, -0.05) is 29.8 Å². The lowest BCUT2D eigenvalue weighted by Gasteiger charge is -2.41. The standard InChI is InChI=1S/C33H30F3N3O3/c1-19-15-21(18-42-23-13-11-22(41-3)12-14-23)20(2)24(16-19)30-25(17-37)32(38)39(28-9-6-10-29(40)31(28)30)27-8-5-4-7-26(27)33(34,35)36/h4-5,7-8,11-16,30H,6,9-10,18,38H2,1-3H3. The largest absolute Gasteiger partial charge is 0.497 e. The number of Topliss-reactive ketones (excluding diaryl/α,β-unsaturated/α-hetero) is 1. The molecule has 42 heavy (non-hydrogen) atoms. The number of carbonyl (C=O) groups is 1. The molecule has 0 saturated heterocycles. The summed E-state index contributed by atoms with van der Waals surface area (Å²) in [6.45, 7) is 4.03. The highest BCUT2D eigenvalue weighted by Crippen LogP contribution is 2.49. The molecule has 3 aromatic carbocycles. The molecule has 0 spiro atoms. The second kappa shape index (κ2) is 11.3. The Hall–Kier alpha value is -4.71. The van der Waals surface area contributed by atoms with E-state index in [1.54, 1.807) is 31.4 Å². The predicted octanol–water partition coefficient (Wildman–Crippen LogP) is 7.21. The van der Waals surface area contributed by atoms with Gasteiger partial charge in [0.2, 0.25) is 0 Å². The van der Waals surface area contributed by atoms with E-state index in [0.717, 1.165) is 22.8 Å². The van der Waals surface area contributed by atoms with E-state index in [1.165, 1.54) is 23.1 Å². The van der Waals surface area contributed by atoms with E-state index in [4.69, 9.17) is 15.2 Å². The SMILES string of the molecule is COc1ccc(OCc2cc(C)cc(C3C(C#N)=C(N)N(c4ccccc4C(F)(F)F)C4=C3C(=O)CCC4)c2C)cc1. The molecule has 5 rings (SSSR count). The summed E-state index contributed by atoms with van der Waals surface area (Å²) in [4.78, 5) is 14.8. The lowest BCUT2D eigenvalue weighted by Crippen LogP contribution is -2.39. The average molecular weight is 574 g/mol. The smallest absolute Gasteiger partial charge is 0.418 e. The van der Waals surface area contributed by atoms with Crippen LogP contribution in [0.1, 0.15) is 53.0 Å². The van der Waals surface area contributed by atoms with Crippen molar-refractivity contribution in [1.82, 2.24) is 0 Å². The Morgan fingerprint density at radius 1 is 1.05 bits per heavy atom. The molecule has 1 heterocycles. The summed E-state index contributed by atoms with van der Waals surface area (Å²) < 4.78 is 53.5. The van der Waals surface area contributed by atoms with Crippen LogP contribution in [0.4, 0.5) is 18.9 Å². The number of para-hydroxylation sites is 1. The molecule has 0 aromatic heterocycles.